The Morgan fingerprint density at radius 2 is 0.984 bits per heavy atom. The van der Waals surface area contributed by atoms with Gasteiger partial charge in [0, 0.05) is 64.1 Å². The van der Waals surface area contributed by atoms with Crippen LogP contribution in [0.4, 0.5) is 0 Å². The highest BCUT2D eigenvalue weighted by Gasteiger charge is 2.61. The normalized spacial score (nSPS) is 25.2. The molecule has 18 nitrogen and oxygen atoms in total. The molecule has 0 amide bonds. The molecule has 6 aromatic rings. The molecule has 0 saturated heterocycles. The van der Waals surface area contributed by atoms with Crippen LogP contribution in [0.15, 0.2) is 78.9 Å². The van der Waals surface area contributed by atoms with E-state index < -0.39 is 111 Å². The van der Waals surface area contributed by atoms with Gasteiger partial charge in [0.25, 0.3) is 0 Å². The monoisotopic (exact) mass is 864 g/mol. The van der Waals surface area contributed by atoms with E-state index in [-0.39, 0.29) is 73.9 Å². The van der Waals surface area contributed by atoms with Gasteiger partial charge in [-0.1, -0.05) is 12.1 Å². The van der Waals surface area contributed by atoms with E-state index in [1.54, 1.807) is 0 Å². The SMILES string of the molecule is Oc1cc(O)c2c(c1)O[C@@]1(c3ccc(O)c(O)c3)Oc3cc(O)c4c(c3[C@H]2[C@H]1O)O[C@H](c1ccc(O)c(O)c1)[C@H](O)[C@@H]4c1c(O)cc(O)c2c1O[C@H](c1ccc(O)c(O)c1)[C@@H](O)C2. The van der Waals surface area contributed by atoms with Crippen molar-refractivity contribution in [2.45, 2.75) is 54.6 Å². The first-order chi connectivity index (χ1) is 30.0. The number of fused-ring (bicyclic) bond motifs is 9. The van der Waals surface area contributed by atoms with Crippen molar-refractivity contribution in [2.24, 2.45) is 0 Å². The number of benzene rings is 6. The number of phenols is 11. The average Bonchev–Trinajstić information content (AvgIpc) is 3.22. The number of hydrogen-bond donors (Lipinski definition) is 14. The zero-order valence-corrected chi connectivity index (χ0v) is 32.1. The number of rotatable bonds is 4. The number of phenolic OH excluding ortho intramolecular Hbond substituents is 11. The van der Waals surface area contributed by atoms with E-state index in [0.29, 0.717) is 0 Å². The van der Waals surface area contributed by atoms with E-state index in [2.05, 4.69) is 0 Å². The molecular formula is C45H36O18. The highest BCUT2D eigenvalue weighted by molar-refractivity contribution is 5.72. The largest absolute Gasteiger partial charge is 0.508 e. The van der Waals surface area contributed by atoms with Gasteiger partial charge in [-0.15, -0.1) is 0 Å². The van der Waals surface area contributed by atoms with Crippen LogP contribution in [0.2, 0.25) is 0 Å². The Balaban J connectivity index is 1.25. The van der Waals surface area contributed by atoms with Crippen molar-refractivity contribution < 1.29 is 90.4 Å². The maximum atomic E-state index is 12.5. The van der Waals surface area contributed by atoms with Gasteiger partial charge in [0.2, 0.25) is 0 Å². The lowest BCUT2D eigenvalue weighted by molar-refractivity contribution is -0.219. The third-order valence-corrected chi connectivity index (χ3v) is 12.2. The second-order valence-electron chi connectivity index (χ2n) is 15.9. The zero-order valence-electron chi connectivity index (χ0n) is 32.1. The smallest absolute Gasteiger partial charge is 0.305 e. The second-order valence-corrected chi connectivity index (χ2v) is 15.9. The molecule has 0 saturated carbocycles. The summed E-state index contributed by atoms with van der Waals surface area (Å²) in [6.07, 6.45) is -8.29. The molecule has 10 rings (SSSR count). The Kier molecular flexibility index (Phi) is 8.49. The van der Waals surface area contributed by atoms with Gasteiger partial charge in [0.1, 0.15) is 70.1 Å². The Morgan fingerprint density at radius 1 is 0.444 bits per heavy atom. The minimum Gasteiger partial charge on any atom is -0.508 e. The van der Waals surface area contributed by atoms with Gasteiger partial charge in [-0.05, 0) is 53.6 Å². The molecule has 0 spiro atoms. The van der Waals surface area contributed by atoms with Gasteiger partial charge < -0.3 is 90.4 Å². The van der Waals surface area contributed by atoms with E-state index in [0.717, 1.165) is 60.7 Å². The predicted octanol–water partition coefficient (Wildman–Crippen LogP) is 4.24. The summed E-state index contributed by atoms with van der Waals surface area (Å²) in [6.45, 7) is 0. The molecule has 4 aliphatic heterocycles. The summed E-state index contributed by atoms with van der Waals surface area (Å²) in [5.74, 6) is -12.6. The van der Waals surface area contributed by atoms with Crippen LogP contribution in [0, 0.1) is 0 Å². The molecule has 0 radical (unpaired) electrons. The van der Waals surface area contributed by atoms with Crippen molar-refractivity contribution in [1.29, 1.82) is 0 Å². The van der Waals surface area contributed by atoms with Crippen molar-refractivity contribution in [3.05, 3.63) is 123 Å². The third kappa shape index (κ3) is 5.68. The highest BCUT2D eigenvalue weighted by atomic mass is 16.7. The van der Waals surface area contributed by atoms with Crippen LogP contribution in [0.5, 0.6) is 86.2 Å². The van der Waals surface area contributed by atoms with Crippen LogP contribution in [0.1, 0.15) is 68.6 Å². The summed E-state index contributed by atoms with van der Waals surface area (Å²) in [5.41, 5.74) is -0.583. The lowest BCUT2D eigenvalue weighted by Crippen LogP contribution is -2.57. The van der Waals surface area contributed by atoms with E-state index in [1.165, 1.54) is 18.2 Å². The Morgan fingerprint density at radius 3 is 1.62 bits per heavy atom. The average molecular weight is 865 g/mol. The Bertz CT molecular complexity index is 2910. The van der Waals surface area contributed by atoms with Crippen LogP contribution in [-0.2, 0) is 12.2 Å². The number of hydrogen-bond acceptors (Lipinski definition) is 18. The van der Waals surface area contributed by atoms with E-state index >= 15 is 0 Å². The quantitative estimate of drug-likeness (QED) is 0.110. The van der Waals surface area contributed by atoms with Crippen molar-refractivity contribution >= 4 is 0 Å². The molecule has 63 heavy (non-hydrogen) atoms. The maximum Gasteiger partial charge on any atom is 0.305 e. The summed E-state index contributed by atoms with van der Waals surface area (Å²) in [4.78, 5) is 0. The highest BCUT2D eigenvalue weighted by Crippen LogP contribution is 2.65. The molecule has 14 N–H and O–H groups in total. The number of aromatic hydroxyl groups is 11. The minimum absolute atomic E-state index is 0.0325. The first kappa shape index (κ1) is 39.3. The molecular weight excluding hydrogens is 828 g/mol. The minimum atomic E-state index is -2.31. The fraction of sp³-hybridized carbons (Fsp3) is 0.200. The fourth-order valence-electron chi connectivity index (χ4n) is 9.32. The van der Waals surface area contributed by atoms with Gasteiger partial charge in [0.15, 0.2) is 40.6 Å². The predicted molar refractivity (Wildman–Crippen MR) is 212 cm³/mol. The number of aliphatic hydroxyl groups excluding tert-OH is 3. The molecule has 324 valence electrons. The van der Waals surface area contributed by atoms with Crippen molar-refractivity contribution in [1.82, 2.24) is 0 Å². The molecule has 0 unspecified atom stereocenters. The summed E-state index contributed by atoms with van der Waals surface area (Å²) in [7, 11) is 0. The van der Waals surface area contributed by atoms with E-state index in [4.69, 9.17) is 18.9 Å². The molecule has 0 aromatic heterocycles. The van der Waals surface area contributed by atoms with Gasteiger partial charge in [-0.2, -0.15) is 0 Å². The van der Waals surface area contributed by atoms with Crippen LogP contribution in [-0.4, -0.2) is 89.8 Å². The van der Waals surface area contributed by atoms with E-state index in [9.17, 15) is 71.5 Å². The van der Waals surface area contributed by atoms with Gasteiger partial charge >= 0.3 is 5.79 Å². The summed E-state index contributed by atoms with van der Waals surface area (Å²) < 4.78 is 25.6. The van der Waals surface area contributed by atoms with Crippen molar-refractivity contribution in [3.63, 3.8) is 0 Å². The Labute approximate surface area is 354 Å². The van der Waals surface area contributed by atoms with E-state index in [1.807, 2.05) is 0 Å². The molecule has 18 heteroatoms. The zero-order chi connectivity index (χ0) is 44.5. The lowest BCUT2D eigenvalue weighted by Gasteiger charge is -2.51. The second kappa shape index (κ2) is 13.6. The number of aliphatic hydroxyl groups is 3. The molecule has 0 aliphatic carbocycles. The lowest BCUT2D eigenvalue weighted by atomic mass is 9.71. The van der Waals surface area contributed by atoms with Crippen LogP contribution in [0.25, 0.3) is 0 Å². The van der Waals surface area contributed by atoms with Crippen LogP contribution >= 0.6 is 0 Å². The van der Waals surface area contributed by atoms with Gasteiger partial charge in [-0.25, -0.2) is 0 Å². The first-order valence-electron chi connectivity index (χ1n) is 19.3. The summed E-state index contributed by atoms with van der Waals surface area (Å²) in [5, 5.41) is 155. The van der Waals surface area contributed by atoms with Gasteiger partial charge in [-0.3, -0.25) is 0 Å². The summed E-state index contributed by atoms with van der Waals surface area (Å²) >= 11 is 0. The topological polar surface area (TPSA) is 320 Å². The standard InChI is InChI=1S/C45H36O18/c46-18-10-27(54)33-31(11-18)62-45(17-3-6-22(49)26(53)9-17)44(59)38(33)36-32(63-45)14-29(56)35-37(39(58)41(61-43(35)36)16-2-5-21(48)25(52)8-16)34-28(55)13-23(50)19-12-30(57)40(60-42(19)34)15-1-4-20(47)24(51)7-15/h1-11,13-14,30,37-41,44,46-59H,12H2/t30-,37+,38-,39+,40+,41+,44+,45-/m0/s1. The number of ether oxygens (including phenoxy) is 4. The third-order valence-electron chi connectivity index (χ3n) is 12.2. The molecule has 4 heterocycles. The van der Waals surface area contributed by atoms with Crippen molar-refractivity contribution in [2.75, 3.05) is 0 Å². The Hall–Kier alpha value is -7.80. The molecule has 2 bridgehead atoms. The van der Waals surface area contributed by atoms with Crippen LogP contribution < -0.4 is 18.9 Å². The molecule has 4 aliphatic rings. The van der Waals surface area contributed by atoms with Gasteiger partial charge in [0.05, 0.1) is 17.9 Å². The molecule has 6 aromatic carbocycles. The maximum absolute atomic E-state index is 12.5. The summed E-state index contributed by atoms with van der Waals surface area (Å²) in [6, 6.07) is 14.8. The molecule has 0 fully saturated rings. The van der Waals surface area contributed by atoms with Crippen LogP contribution in [0.3, 0.4) is 0 Å². The fourth-order valence-corrected chi connectivity index (χ4v) is 9.32. The molecule has 8 atom stereocenters. The van der Waals surface area contributed by atoms with Crippen molar-refractivity contribution in [3.8, 4) is 86.2 Å². The first-order valence-corrected chi connectivity index (χ1v) is 19.3.